The summed E-state index contributed by atoms with van der Waals surface area (Å²) >= 11 is 11.3. The normalized spacial score (nSPS) is 9.95. The van der Waals surface area contributed by atoms with Crippen molar-refractivity contribution in [1.29, 1.82) is 0 Å². The van der Waals surface area contributed by atoms with Crippen LogP contribution < -0.4 is 15.5 Å². The van der Waals surface area contributed by atoms with E-state index >= 15 is 0 Å². The summed E-state index contributed by atoms with van der Waals surface area (Å²) in [6, 6.07) is 14.8. The molecule has 0 aliphatic heterocycles. The minimum Gasteiger partial charge on any atom is -0.332 e. The summed E-state index contributed by atoms with van der Waals surface area (Å²) in [4.78, 5) is 12.9. The standard InChI is InChI=1S/C16H16ClN3OS/c1-11(21)20(2)13-9-7-12(8-10-13)18-16(22)19-15-6-4-3-5-14(15)17/h3-10H,1-2H3,(H2,18,19,22). The van der Waals surface area contributed by atoms with E-state index in [0.717, 1.165) is 17.1 Å². The first-order valence-electron chi connectivity index (χ1n) is 6.64. The van der Waals surface area contributed by atoms with E-state index < -0.39 is 0 Å². The van der Waals surface area contributed by atoms with Gasteiger partial charge in [-0.1, -0.05) is 23.7 Å². The lowest BCUT2D eigenvalue weighted by Crippen LogP contribution is -2.23. The fraction of sp³-hybridized carbons (Fsp3) is 0.125. The Morgan fingerprint density at radius 1 is 1.09 bits per heavy atom. The van der Waals surface area contributed by atoms with Crippen LogP contribution in [0.4, 0.5) is 17.1 Å². The number of rotatable bonds is 3. The topological polar surface area (TPSA) is 44.4 Å². The summed E-state index contributed by atoms with van der Waals surface area (Å²) in [5, 5.41) is 7.16. The first-order chi connectivity index (χ1) is 10.5. The molecule has 0 saturated heterocycles. The number of benzene rings is 2. The van der Waals surface area contributed by atoms with Crippen molar-refractivity contribution in [3.63, 3.8) is 0 Å². The zero-order valence-corrected chi connectivity index (χ0v) is 13.8. The molecule has 0 saturated carbocycles. The summed E-state index contributed by atoms with van der Waals surface area (Å²) in [5.41, 5.74) is 2.39. The maximum Gasteiger partial charge on any atom is 0.223 e. The van der Waals surface area contributed by atoms with Gasteiger partial charge in [0, 0.05) is 25.3 Å². The van der Waals surface area contributed by atoms with Gasteiger partial charge in [0.05, 0.1) is 10.7 Å². The number of hydrogen-bond acceptors (Lipinski definition) is 2. The van der Waals surface area contributed by atoms with Crippen LogP contribution in [-0.4, -0.2) is 18.1 Å². The maximum atomic E-state index is 11.3. The van der Waals surface area contributed by atoms with Crippen LogP contribution in [0, 0.1) is 0 Å². The average molecular weight is 334 g/mol. The molecule has 0 heterocycles. The van der Waals surface area contributed by atoms with E-state index in [0.29, 0.717) is 10.1 Å². The molecule has 4 nitrogen and oxygen atoms in total. The second-order valence-electron chi connectivity index (χ2n) is 4.68. The number of amides is 1. The smallest absolute Gasteiger partial charge is 0.223 e. The predicted molar refractivity (Wildman–Crippen MR) is 96.8 cm³/mol. The molecule has 0 atom stereocenters. The number of carbonyl (C=O) groups excluding carboxylic acids is 1. The maximum absolute atomic E-state index is 11.3. The Hall–Kier alpha value is -2.11. The van der Waals surface area contributed by atoms with Gasteiger partial charge in [-0.05, 0) is 48.6 Å². The van der Waals surface area contributed by atoms with Crippen LogP contribution in [0.1, 0.15) is 6.92 Å². The number of anilines is 3. The third-order valence-electron chi connectivity index (χ3n) is 3.11. The van der Waals surface area contributed by atoms with Crippen molar-refractivity contribution in [3.8, 4) is 0 Å². The van der Waals surface area contributed by atoms with E-state index in [9.17, 15) is 4.79 Å². The third kappa shape index (κ3) is 4.19. The molecule has 0 radical (unpaired) electrons. The van der Waals surface area contributed by atoms with Gasteiger partial charge in [0.25, 0.3) is 0 Å². The minimum atomic E-state index is -0.0170. The molecule has 114 valence electrons. The Balaban J connectivity index is 2.00. The van der Waals surface area contributed by atoms with E-state index in [-0.39, 0.29) is 5.91 Å². The van der Waals surface area contributed by atoms with Gasteiger partial charge in [-0.2, -0.15) is 0 Å². The lowest BCUT2D eigenvalue weighted by molar-refractivity contribution is -0.116. The third-order valence-corrected chi connectivity index (χ3v) is 3.64. The number of carbonyl (C=O) groups is 1. The lowest BCUT2D eigenvalue weighted by Gasteiger charge is -2.16. The number of hydrogen-bond donors (Lipinski definition) is 2. The Morgan fingerprint density at radius 3 is 2.32 bits per heavy atom. The largest absolute Gasteiger partial charge is 0.332 e. The first kappa shape index (κ1) is 16.3. The van der Waals surface area contributed by atoms with Gasteiger partial charge < -0.3 is 15.5 Å². The monoisotopic (exact) mass is 333 g/mol. The van der Waals surface area contributed by atoms with Crippen molar-refractivity contribution in [1.82, 2.24) is 0 Å². The summed E-state index contributed by atoms with van der Waals surface area (Å²) in [6.45, 7) is 1.52. The highest BCUT2D eigenvalue weighted by Crippen LogP contribution is 2.21. The van der Waals surface area contributed by atoms with Crippen LogP contribution >= 0.6 is 23.8 Å². The molecule has 22 heavy (non-hydrogen) atoms. The van der Waals surface area contributed by atoms with Gasteiger partial charge in [-0.3, -0.25) is 4.79 Å². The summed E-state index contributed by atoms with van der Waals surface area (Å²) in [6.07, 6.45) is 0. The summed E-state index contributed by atoms with van der Waals surface area (Å²) in [5.74, 6) is -0.0170. The molecule has 0 bridgehead atoms. The Morgan fingerprint density at radius 2 is 1.73 bits per heavy atom. The van der Waals surface area contributed by atoms with Crippen LogP contribution in [0.3, 0.4) is 0 Å². The second-order valence-corrected chi connectivity index (χ2v) is 5.50. The van der Waals surface area contributed by atoms with Crippen molar-refractivity contribution < 1.29 is 4.79 Å². The van der Waals surface area contributed by atoms with Crippen molar-refractivity contribution in [3.05, 3.63) is 53.6 Å². The van der Waals surface area contributed by atoms with Crippen LogP contribution in [-0.2, 0) is 4.79 Å². The molecule has 0 spiro atoms. The Kier molecular flexibility index (Phi) is 5.35. The number of halogens is 1. The number of nitrogens with one attached hydrogen (secondary N) is 2. The van der Waals surface area contributed by atoms with Gasteiger partial charge in [-0.15, -0.1) is 0 Å². The molecule has 2 rings (SSSR count). The highest BCUT2D eigenvalue weighted by Gasteiger charge is 2.06. The fourth-order valence-corrected chi connectivity index (χ4v) is 2.21. The Bertz CT molecular complexity index is 688. The van der Waals surface area contributed by atoms with Gasteiger partial charge >= 0.3 is 0 Å². The molecule has 2 N–H and O–H groups in total. The molecular formula is C16H16ClN3OS. The zero-order chi connectivity index (χ0) is 16.1. The lowest BCUT2D eigenvalue weighted by atomic mass is 10.2. The molecule has 0 unspecified atom stereocenters. The van der Waals surface area contributed by atoms with Crippen LogP contribution in [0.2, 0.25) is 5.02 Å². The number of nitrogens with zero attached hydrogens (tertiary/aromatic N) is 1. The molecule has 0 aromatic heterocycles. The van der Waals surface area contributed by atoms with E-state index in [1.165, 1.54) is 6.92 Å². The SMILES string of the molecule is CC(=O)N(C)c1ccc(NC(=S)Nc2ccccc2Cl)cc1. The zero-order valence-electron chi connectivity index (χ0n) is 12.3. The molecule has 0 aliphatic carbocycles. The van der Waals surface area contributed by atoms with E-state index in [2.05, 4.69) is 10.6 Å². The average Bonchev–Trinajstić information content (AvgIpc) is 2.49. The van der Waals surface area contributed by atoms with Gasteiger partial charge in [0.15, 0.2) is 5.11 Å². The first-order valence-corrected chi connectivity index (χ1v) is 7.43. The minimum absolute atomic E-state index is 0.0170. The highest BCUT2D eigenvalue weighted by molar-refractivity contribution is 7.80. The van der Waals surface area contributed by atoms with E-state index in [4.69, 9.17) is 23.8 Å². The van der Waals surface area contributed by atoms with Crippen LogP contribution in [0.5, 0.6) is 0 Å². The van der Waals surface area contributed by atoms with Crippen molar-refractivity contribution in [2.75, 3.05) is 22.6 Å². The molecule has 2 aromatic rings. The summed E-state index contributed by atoms with van der Waals surface area (Å²) < 4.78 is 0. The Labute approximate surface area is 140 Å². The van der Waals surface area contributed by atoms with Crippen LogP contribution in [0.15, 0.2) is 48.5 Å². The molecule has 0 aliphatic rings. The molecule has 1 amide bonds. The molecule has 0 fully saturated rings. The highest BCUT2D eigenvalue weighted by atomic mass is 35.5. The van der Waals surface area contributed by atoms with Crippen molar-refractivity contribution in [2.24, 2.45) is 0 Å². The van der Waals surface area contributed by atoms with Gasteiger partial charge in [0.2, 0.25) is 5.91 Å². The predicted octanol–water partition coefficient (Wildman–Crippen LogP) is 4.13. The number of para-hydroxylation sites is 1. The van der Waals surface area contributed by atoms with E-state index in [1.807, 2.05) is 42.5 Å². The van der Waals surface area contributed by atoms with Crippen LogP contribution in [0.25, 0.3) is 0 Å². The molecule has 6 heteroatoms. The van der Waals surface area contributed by atoms with Gasteiger partial charge in [-0.25, -0.2) is 0 Å². The second kappa shape index (κ2) is 7.24. The molecule has 2 aromatic carbocycles. The van der Waals surface area contributed by atoms with Gasteiger partial charge in [0.1, 0.15) is 0 Å². The van der Waals surface area contributed by atoms with Crippen molar-refractivity contribution in [2.45, 2.75) is 6.92 Å². The molecular weight excluding hydrogens is 318 g/mol. The fourth-order valence-electron chi connectivity index (χ4n) is 1.80. The number of thiocarbonyl (C=S) groups is 1. The van der Waals surface area contributed by atoms with Crippen molar-refractivity contribution >= 4 is 51.9 Å². The quantitative estimate of drug-likeness (QED) is 0.829. The summed E-state index contributed by atoms with van der Waals surface area (Å²) in [7, 11) is 1.73. The van der Waals surface area contributed by atoms with E-state index in [1.54, 1.807) is 18.0 Å².